The van der Waals surface area contributed by atoms with E-state index in [2.05, 4.69) is 31.0 Å². The first-order valence-corrected chi connectivity index (χ1v) is 9.50. The third-order valence-corrected chi connectivity index (χ3v) is 5.18. The van der Waals surface area contributed by atoms with Crippen molar-refractivity contribution >= 4 is 28.4 Å². The van der Waals surface area contributed by atoms with Crippen molar-refractivity contribution in [2.24, 2.45) is 5.92 Å². The molecule has 26 heavy (non-hydrogen) atoms. The topological polar surface area (TPSA) is 69.6 Å². The first-order chi connectivity index (χ1) is 12.5. The van der Waals surface area contributed by atoms with Crippen LogP contribution in [0.15, 0.2) is 42.5 Å². The number of hydrogen-bond donors (Lipinski definition) is 1. The molecule has 1 aromatic carbocycles. The predicted octanol–water partition coefficient (Wildman–Crippen LogP) is 4.77. The molecule has 0 unspecified atom stereocenters. The van der Waals surface area contributed by atoms with Crippen LogP contribution in [0.4, 0.5) is 5.95 Å². The van der Waals surface area contributed by atoms with E-state index in [4.69, 9.17) is 15.7 Å². The molecule has 4 aromatic rings. The monoisotopic (exact) mass is 363 g/mol. The third-order valence-electron chi connectivity index (χ3n) is 4.18. The molecule has 4 rings (SSSR count). The summed E-state index contributed by atoms with van der Waals surface area (Å²) in [6.45, 7) is 7.15. The minimum absolute atomic E-state index is 0.464. The number of rotatable bonds is 4. The van der Waals surface area contributed by atoms with Gasteiger partial charge in [0, 0.05) is 12.1 Å². The van der Waals surface area contributed by atoms with Gasteiger partial charge in [0.2, 0.25) is 5.95 Å². The van der Waals surface area contributed by atoms with Crippen LogP contribution in [0.3, 0.4) is 0 Å². The molecule has 3 aromatic heterocycles. The second kappa shape index (κ2) is 6.53. The summed E-state index contributed by atoms with van der Waals surface area (Å²) in [7, 11) is 0. The van der Waals surface area contributed by atoms with E-state index < -0.39 is 0 Å². The van der Waals surface area contributed by atoms with Crippen LogP contribution in [0.1, 0.15) is 18.9 Å². The van der Waals surface area contributed by atoms with Crippen molar-refractivity contribution in [3.8, 4) is 21.8 Å². The van der Waals surface area contributed by atoms with Gasteiger partial charge in [0.05, 0.1) is 21.3 Å². The Bertz CT molecular complexity index is 1060. The summed E-state index contributed by atoms with van der Waals surface area (Å²) in [4.78, 5) is 15.2. The van der Waals surface area contributed by atoms with Crippen molar-refractivity contribution in [1.29, 1.82) is 0 Å². The Morgan fingerprint density at radius 2 is 1.81 bits per heavy atom. The quantitative estimate of drug-likeness (QED) is 0.567. The molecule has 0 aliphatic heterocycles. The molecule has 0 fully saturated rings. The van der Waals surface area contributed by atoms with Gasteiger partial charge in [-0.1, -0.05) is 44.2 Å². The number of hydrogen-bond acceptors (Lipinski definition) is 5. The lowest BCUT2D eigenvalue weighted by molar-refractivity contribution is 0.535. The Morgan fingerprint density at radius 3 is 2.54 bits per heavy atom. The summed E-state index contributed by atoms with van der Waals surface area (Å²) < 4.78 is 2.00. The molecule has 0 radical (unpaired) electrons. The molecule has 0 atom stereocenters. The highest BCUT2D eigenvalue weighted by molar-refractivity contribution is 7.15. The molecule has 3 heterocycles. The van der Waals surface area contributed by atoms with Crippen LogP contribution in [0.2, 0.25) is 0 Å². The maximum absolute atomic E-state index is 6.12. The van der Waals surface area contributed by atoms with E-state index in [9.17, 15) is 0 Å². The third kappa shape index (κ3) is 2.97. The Balaban J connectivity index is 1.88. The Kier molecular flexibility index (Phi) is 4.20. The summed E-state index contributed by atoms with van der Waals surface area (Å²) in [5, 5.41) is 1.02. The first-order valence-electron chi connectivity index (χ1n) is 8.69. The fourth-order valence-electron chi connectivity index (χ4n) is 3.08. The molecule has 132 valence electrons. The average molecular weight is 363 g/mol. The Morgan fingerprint density at radius 1 is 1.04 bits per heavy atom. The molecule has 5 nitrogen and oxygen atoms in total. The molecule has 6 heteroatoms. The lowest BCUT2D eigenvalue weighted by Crippen LogP contribution is -2.08. The smallest absolute Gasteiger partial charge is 0.202 e. The van der Waals surface area contributed by atoms with Crippen LogP contribution in [0, 0.1) is 12.8 Å². The van der Waals surface area contributed by atoms with Crippen molar-refractivity contribution < 1.29 is 0 Å². The van der Waals surface area contributed by atoms with E-state index in [-0.39, 0.29) is 0 Å². The summed E-state index contributed by atoms with van der Waals surface area (Å²) in [5.74, 6) is 0.979. The summed E-state index contributed by atoms with van der Waals surface area (Å²) in [6.07, 6.45) is 0. The molecular weight excluding hydrogens is 342 g/mol. The van der Waals surface area contributed by atoms with Crippen molar-refractivity contribution in [3.63, 3.8) is 0 Å². The van der Waals surface area contributed by atoms with Crippen molar-refractivity contribution in [3.05, 3.63) is 47.5 Å². The fraction of sp³-hybridized carbons (Fsp3) is 0.250. The number of nitrogen functional groups attached to an aromatic ring is 1. The number of thiazole rings is 1. The zero-order valence-electron chi connectivity index (χ0n) is 15.1. The summed E-state index contributed by atoms with van der Waals surface area (Å²) in [6, 6.07) is 14.2. The highest BCUT2D eigenvalue weighted by atomic mass is 32.1. The number of aryl methyl sites for hydroxylation is 1. The largest absolute Gasteiger partial charge is 0.369 e. The van der Waals surface area contributed by atoms with E-state index in [0.29, 0.717) is 11.9 Å². The number of imidazole rings is 1. The van der Waals surface area contributed by atoms with Crippen LogP contribution < -0.4 is 5.73 Å². The number of nitrogens with two attached hydrogens (primary N) is 1. The molecule has 0 spiro atoms. The minimum Gasteiger partial charge on any atom is -0.369 e. The zero-order chi connectivity index (χ0) is 18.3. The maximum Gasteiger partial charge on any atom is 0.202 e. The second-order valence-corrected chi connectivity index (χ2v) is 7.99. The number of anilines is 1. The zero-order valence-corrected chi connectivity index (χ0v) is 15.9. The molecule has 0 saturated carbocycles. The van der Waals surface area contributed by atoms with Gasteiger partial charge in [-0.25, -0.2) is 15.0 Å². The van der Waals surface area contributed by atoms with Crippen LogP contribution in [0.5, 0.6) is 0 Å². The number of benzene rings is 1. The number of pyridine rings is 1. The van der Waals surface area contributed by atoms with Crippen LogP contribution in [0.25, 0.3) is 33.0 Å². The molecule has 2 N–H and O–H groups in total. The minimum atomic E-state index is 0.464. The van der Waals surface area contributed by atoms with E-state index >= 15 is 0 Å². The molecule has 0 saturated heterocycles. The van der Waals surface area contributed by atoms with Gasteiger partial charge in [-0.3, -0.25) is 4.57 Å². The molecular formula is C20H21N5S. The van der Waals surface area contributed by atoms with E-state index in [1.54, 1.807) is 11.3 Å². The highest BCUT2D eigenvalue weighted by Crippen LogP contribution is 2.36. The summed E-state index contributed by atoms with van der Waals surface area (Å²) >= 11 is 1.66. The van der Waals surface area contributed by atoms with Crippen LogP contribution >= 0.6 is 11.3 Å². The van der Waals surface area contributed by atoms with Gasteiger partial charge in [-0.15, -0.1) is 11.3 Å². The van der Waals surface area contributed by atoms with Gasteiger partial charge in [-0.05, 0) is 25.0 Å². The van der Waals surface area contributed by atoms with Crippen LogP contribution in [-0.2, 0) is 6.54 Å². The first kappa shape index (κ1) is 16.7. The van der Waals surface area contributed by atoms with Crippen LogP contribution in [-0.4, -0.2) is 19.5 Å². The van der Waals surface area contributed by atoms with Crippen molar-refractivity contribution in [2.75, 3.05) is 5.73 Å². The van der Waals surface area contributed by atoms with Crippen molar-refractivity contribution in [2.45, 2.75) is 27.3 Å². The Labute approximate surface area is 156 Å². The Hall–Kier alpha value is -2.73. The fourth-order valence-corrected chi connectivity index (χ4v) is 3.99. The van der Waals surface area contributed by atoms with Crippen molar-refractivity contribution in [1.82, 2.24) is 19.5 Å². The highest BCUT2D eigenvalue weighted by Gasteiger charge is 2.17. The van der Waals surface area contributed by atoms with Gasteiger partial charge < -0.3 is 5.73 Å². The lowest BCUT2D eigenvalue weighted by atomic mass is 10.1. The second-order valence-electron chi connectivity index (χ2n) is 6.79. The molecule has 0 aliphatic rings. The summed E-state index contributed by atoms with van der Waals surface area (Å²) in [5.41, 5.74) is 10.8. The van der Waals surface area contributed by atoms with E-state index in [1.807, 2.05) is 41.8 Å². The SMILES string of the molecule is Cc1nc(-c2ccccc2)c(-c2ccc3nc(N)n(CC(C)C)c3n2)s1. The number of aromatic nitrogens is 4. The standard InChI is InChI=1S/C20H21N5S/c1-12(2)11-25-19-16(24-20(25)21)10-9-15(23-19)18-17(22-13(3)26-18)14-7-5-4-6-8-14/h4-10,12H,11H2,1-3H3,(H2,21,24). The van der Waals surface area contributed by atoms with Gasteiger partial charge >= 0.3 is 0 Å². The molecule has 0 amide bonds. The maximum atomic E-state index is 6.12. The van der Waals surface area contributed by atoms with Gasteiger partial charge in [0.15, 0.2) is 5.65 Å². The normalized spacial score (nSPS) is 11.5. The van der Waals surface area contributed by atoms with E-state index in [0.717, 1.165) is 44.5 Å². The van der Waals surface area contributed by atoms with Gasteiger partial charge in [0.25, 0.3) is 0 Å². The predicted molar refractivity (Wildman–Crippen MR) is 108 cm³/mol. The van der Waals surface area contributed by atoms with Gasteiger partial charge in [0.1, 0.15) is 5.52 Å². The van der Waals surface area contributed by atoms with Gasteiger partial charge in [-0.2, -0.15) is 0 Å². The number of fused-ring (bicyclic) bond motifs is 1. The molecule has 0 bridgehead atoms. The number of nitrogens with zero attached hydrogens (tertiary/aromatic N) is 4. The molecule has 0 aliphatic carbocycles. The van der Waals surface area contributed by atoms with E-state index in [1.165, 1.54) is 0 Å². The average Bonchev–Trinajstić information content (AvgIpc) is 3.15. The lowest BCUT2D eigenvalue weighted by Gasteiger charge is -2.09.